The van der Waals surface area contributed by atoms with Gasteiger partial charge in [0.25, 0.3) is 0 Å². The number of imidazole rings is 1. The molecule has 2 N–H and O–H groups in total. The third-order valence-corrected chi connectivity index (χ3v) is 2.94. The van der Waals surface area contributed by atoms with Crippen LogP contribution in [-0.4, -0.2) is 9.97 Å². The van der Waals surface area contributed by atoms with Gasteiger partial charge >= 0.3 is 0 Å². The number of hydrogen-bond acceptors (Lipinski definition) is 2. The van der Waals surface area contributed by atoms with Crippen molar-refractivity contribution in [1.29, 1.82) is 0 Å². The Kier molecular flexibility index (Phi) is 3.62. The van der Waals surface area contributed by atoms with Crippen LogP contribution in [0.15, 0.2) is 35.1 Å². The number of halogens is 1. The normalized spacial score (nSPS) is 10.4. The van der Waals surface area contributed by atoms with Crippen LogP contribution in [0.5, 0.6) is 0 Å². The predicted octanol–water partition coefficient (Wildman–Crippen LogP) is 3.35. The molecule has 0 aliphatic rings. The molecule has 0 fully saturated rings. The van der Waals surface area contributed by atoms with Crippen molar-refractivity contribution < 1.29 is 0 Å². The summed E-state index contributed by atoms with van der Waals surface area (Å²) in [6, 6.07) is 6.28. The Morgan fingerprint density at radius 2 is 2.31 bits per heavy atom. The molecule has 16 heavy (non-hydrogen) atoms. The van der Waals surface area contributed by atoms with Crippen molar-refractivity contribution in [3.63, 3.8) is 0 Å². The zero-order valence-corrected chi connectivity index (χ0v) is 10.7. The third kappa shape index (κ3) is 2.64. The van der Waals surface area contributed by atoms with Crippen LogP contribution in [0.25, 0.3) is 0 Å². The van der Waals surface area contributed by atoms with E-state index in [1.54, 1.807) is 6.20 Å². The molecule has 2 aromatic rings. The van der Waals surface area contributed by atoms with E-state index in [1.165, 1.54) is 11.3 Å². The maximum absolute atomic E-state index is 4.18. The van der Waals surface area contributed by atoms with Crippen molar-refractivity contribution in [1.82, 2.24) is 9.97 Å². The molecule has 2 rings (SSSR count). The number of nitrogens with zero attached hydrogens (tertiary/aromatic N) is 1. The number of benzene rings is 1. The molecule has 0 saturated carbocycles. The summed E-state index contributed by atoms with van der Waals surface area (Å²) >= 11 is 3.48. The Morgan fingerprint density at radius 1 is 1.44 bits per heavy atom. The summed E-state index contributed by atoms with van der Waals surface area (Å²) in [5.41, 5.74) is 2.48. The van der Waals surface area contributed by atoms with Crippen molar-refractivity contribution in [2.45, 2.75) is 19.9 Å². The molecule has 3 nitrogen and oxygen atoms in total. The first-order chi connectivity index (χ1) is 7.79. The molecule has 0 amide bonds. The number of rotatable bonds is 4. The lowest BCUT2D eigenvalue weighted by atomic mass is 10.1. The minimum absolute atomic E-state index is 0.724. The quantitative estimate of drug-likeness (QED) is 0.901. The fourth-order valence-corrected chi connectivity index (χ4v) is 2.01. The van der Waals surface area contributed by atoms with Crippen LogP contribution in [0.2, 0.25) is 0 Å². The maximum Gasteiger partial charge on any atom is 0.125 e. The maximum atomic E-state index is 4.18. The number of anilines is 1. The van der Waals surface area contributed by atoms with Crippen LogP contribution < -0.4 is 5.32 Å². The fraction of sp³-hybridized carbons (Fsp3) is 0.250. The SMILES string of the molecule is CCc1cc(Br)ccc1NCc1ncc[nH]1. The molecule has 1 heterocycles. The van der Waals surface area contributed by atoms with Gasteiger partial charge in [-0.15, -0.1) is 0 Å². The van der Waals surface area contributed by atoms with E-state index >= 15 is 0 Å². The van der Waals surface area contributed by atoms with E-state index in [2.05, 4.69) is 50.3 Å². The highest BCUT2D eigenvalue weighted by Gasteiger charge is 2.02. The highest BCUT2D eigenvalue weighted by molar-refractivity contribution is 9.10. The number of hydrogen-bond donors (Lipinski definition) is 2. The van der Waals surface area contributed by atoms with Gasteiger partial charge in [-0.25, -0.2) is 4.98 Å². The van der Waals surface area contributed by atoms with E-state index in [4.69, 9.17) is 0 Å². The largest absolute Gasteiger partial charge is 0.378 e. The summed E-state index contributed by atoms with van der Waals surface area (Å²) in [5, 5.41) is 3.38. The minimum Gasteiger partial charge on any atom is -0.378 e. The number of H-pyrrole nitrogens is 1. The lowest BCUT2D eigenvalue weighted by Gasteiger charge is -2.10. The molecule has 0 atom stereocenters. The second-order valence-electron chi connectivity index (χ2n) is 3.54. The Morgan fingerprint density at radius 3 is 3.00 bits per heavy atom. The molecule has 1 aromatic heterocycles. The number of aryl methyl sites for hydroxylation is 1. The van der Waals surface area contributed by atoms with Crippen LogP contribution in [-0.2, 0) is 13.0 Å². The summed E-state index contributed by atoms with van der Waals surface area (Å²) in [7, 11) is 0. The second kappa shape index (κ2) is 5.16. The van der Waals surface area contributed by atoms with E-state index in [0.717, 1.165) is 23.3 Å². The standard InChI is InChI=1S/C12H14BrN3/c1-2-9-7-10(13)3-4-11(9)16-8-12-14-5-6-15-12/h3-7,16H,2,8H2,1H3,(H,14,15). The average molecular weight is 280 g/mol. The first-order valence-corrected chi connectivity index (χ1v) is 6.09. The molecule has 0 unspecified atom stereocenters. The molecule has 84 valence electrons. The molecular formula is C12H14BrN3. The molecule has 1 aromatic carbocycles. The highest BCUT2D eigenvalue weighted by Crippen LogP contribution is 2.21. The lowest BCUT2D eigenvalue weighted by Crippen LogP contribution is -2.03. The van der Waals surface area contributed by atoms with Crippen molar-refractivity contribution in [3.8, 4) is 0 Å². The molecule has 0 spiro atoms. The van der Waals surface area contributed by atoms with Crippen molar-refractivity contribution >= 4 is 21.6 Å². The Bertz CT molecular complexity index is 451. The highest BCUT2D eigenvalue weighted by atomic mass is 79.9. The van der Waals surface area contributed by atoms with Crippen LogP contribution in [0, 0.1) is 0 Å². The number of aromatic nitrogens is 2. The predicted molar refractivity (Wildman–Crippen MR) is 69.4 cm³/mol. The molecule has 0 aliphatic heterocycles. The summed E-state index contributed by atoms with van der Waals surface area (Å²) in [6.07, 6.45) is 4.61. The van der Waals surface area contributed by atoms with Crippen LogP contribution in [0.4, 0.5) is 5.69 Å². The molecule has 0 bridgehead atoms. The van der Waals surface area contributed by atoms with E-state index in [0.29, 0.717) is 0 Å². The molecule has 4 heteroatoms. The number of aromatic amines is 1. The van der Waals surface area contributed by atoms with Gasteiger partial charge in [-0.3, -0.25) is 0 Å². The third-order valence-electron chi connectivity index (χ3n) is 2.45. The van der Waals surface area contributed by atoms with Crippen LogP contribution >= 0.6 is 15.9 Å². The summed E-state index contributed by atoms with van der Waals surface area (Å²) in [5.74, 6) is 0.949. The van der Waals surface area contributed by atoms with Crippen LogP contribution in [0.1, 0.15) is 18.3 Å². The zero-order valence-electron chi connectivity index (χ0n) is 9.13. The van der Waals surface area contributed by atoms with Crippen molar-refractivity contribution in [2.24, 2.45) is 0 Å². The van der Waals surface area contributed by atoms with E-state index < -0.39 is 0 Å². The first-order valence-electron chi connectivity index (χ1n) is 5.30. The molecule has 0 saturated heterocycles. The van der Waals surface area contributed by atoms with E-state index in [9.17, 15) is 0 Å². The summed E-state index contributed by atoms with van der Waals surface area (Å²) < 4.78 is 1.12. The molecular weight excluding hydrogens is 266 g/mol. The monoisotopic (exact) mass is 279 g/mol. The number of nitrogens with one attached hydrogen (secondary N) is 2. The minimum atomic E-state index is 0.724. The van der Waals surface area contributed by atoms with Gasteiger partial charge in [0, 0.05) is 22.6 Å². The summed E-state index contributed by atoms with van der Waals surface area (Å²) in [6.45, 7) is 2.88. The van der Waals surface area contributed by atoms with Gasteiger partial charge in [0.05, 0.1) is 6.54 Å². The Balaban J connectivity index is 2.09. The second-order valence-corrected chi connectivity index (χ2v) is 4.46. The van der Waals surface area contributed by atoms with Gasteiger partial charge in [0.15, 0.2) is 0 Å². The van der Waals surface area contributed by atoms with Crippen molar-refractivity contribution in [3.05, 3.63) is 46.5 Å². The smallest absolute Gasteiger partial charge is 0.125 e. The van der Waals surface area contributed by atoms with Crippen LogP contribution in [0.3, 0.4) is 0 Å². The van der Waals surface area contributed by atoms with E-state index in [-0.39, 0.29) is 0 Å². The lowest BCUT2D eigenvalue weighted by molar-refractivity contribution is 0.991. The zero-order chi connectivity index (χ0) is 11.4. The van der Waals surface area contributed by atoms with Crippen molar-refractivity contribution in [2.75, 3.05) is 5.32 Å². The topological polar surface area (TPSA) is 40.7 Å². The first kappa shape index (κ1) is 11.2. The van der Waals surface area contributed by atoms with Gasteiger partial charge < -0.3 is 10.3 Å². The Labute approximate surface area is 103 Å². The van der Waals surface area contributed by atoms with Gasteiger partial charge in [-0.05, 0) is 30.2 Å². The van der Waals surface area contributed by atoms with Gasteiger partial charge in [-0.2, -0.15) is 0 Å². The molecule has 0 radical (unpaired) electrons. The van der Waals surface area contributed by atoms with Gasteiger partial charge in [-0.1, -0.05) is 22.9 Å². The van der Waals surface area contributed by atoms with Gasteiger partial charge in [0.1, 0.15) is 5.82 Å². The summed E-state index contributed by atoms with van der Waals surface area (Å²) in [4.78, 5) is 7.25. The van der Waals surface area contributed by atoms with E-state index in [1.807, 2.05) is 12.3 Å². The molecule has 0 aliphatic carbocycles. The fourth-order valence-electron chi connectivity index (χ4n) is 1.60. The Hall–Kier alpha value is -1.29. The average Bonchev–Trinajstić information content (AvgIpc) is 2.80. The van der Waals surface area contributed by atoms with Gasteiger partial charge in [0.2, 0.25) is 0 Å².